The maximum Gasteiger partial charge on any atom is 0.0591 e. The van der Waals surface area contributed by atoms with E-state index in [1.807, 2.05) is 0 Å². The highest BCUT2D eigenvalue weighted by Crippen LogP contribution is 2.59. The molecule has 0 aliphatic carbocycles. The summed E-state index contributed by atoms with van der Waals surface area (Å²) in [5.41, 5.74) is 0. The van der Waals surface area contributed by atoms with Gasteiger partial charge >= 0.3 is 0 Å². The van der Waals surface area contributed by atoms with E-state index in [1.54, 1.807) is 18.5 Å². The van der Waals surface area contributed by atoms with E-state index in [4.69, 9.17) is 0 Å². The van der Waals surface area contributed by atoms with Crippen molar-refractivity contribution in [3.05, 3.63) is 0 Å². The van der Waals surface area contributed by atoms with Crippen LogP contribution in [0.3, 0.4) is 0 Å². The Labute approximate surface area is 79.5 Å². The second-order valence-electron chi connectivity index (χ2n) is 3.83. The van der Waals surface area contributed by atoms with Crippen molar-refractivity contribution in [2.45, 2.75) is 47.0 Å². The lowest BCUT2D eigenvalue weighted by molar-refractivity contribution is 0.989. The number of hydrogen-bond acceptors (Lipinski definition) is 0. The summed E-state index contributed by atoms with van der Waals surface area (Å²) in [5, 5.41) is 0. The third kappa shape index (κ3) is 3.90. The van der Waals surface area contributed by atoms with Crippen molar-refractivity contribution in [3.8, 4) is 0 Å². The van der Waals surface area contributed by atoms with Crippen molar-refractivity contribution in [1.29, 1.82) is 0 Å². The topological polar surface area (TPSA) is 0 Å². The minimum absolute atomic E-state index is 0.477. The van der Waals surface area contributed by atoms with E-state index in [0.717, 1.165) is 0 Å². The number of rotatable bonds is 7. The Balaban J connectivity index is 4.06. The molecule has 0 rings (SSSR count). The molecule has 0 radical (unpaired) electrons. The molecular formula is C11H26P+. The van der Waals surface area contributed by atoms with Crippen LogP contribution in [0.2, 0.25) is 0 Å². The second-order valence-corrected chi connectivity index (χ2v) is 8.49. The van der Waals surface area contributed by atoms with Crippen LogP contribution in [0, 0.1) is 0 Å². The predicted molar refractivity (Wildman–Crippen MR) is 62.9 cm³/mol. The summed E-state index contributed by atoms with van der Waals surface area (Å²) in [5.74, 6) is 0. The lowest BCUT2D eigenvalue weighted by Gasteiger charge is -2.25. The smallest absolute Gasteiger partial charge is 0.0591 e. The van der Waals surface area contributed by atoms with E-state index in [-0.39, 0.29) is 0 Å². The van der Waals surface area contributed by atoms with Gasteiger partial charge in [-0.1, -0.05) is 20.8 Å². The quantitative estimate of drug-likeness (QED) is 0.525. The van der Waals surface area contributed by atoms with Crippen molar-refractivity contribution in [3.63, 3.8) is 0 Å². The van der Waals surface area contributed by atoms with Gasteiger partial charge in [-0.05, 0) is 26.2 Å². The minimum atomic E-state index is -0.477. The first-order chi connectivity index (χ1) is 5.74. The van der Waals surface area contributed by atoms with Crippen LogP contribution in [-0.4, -0.2) is 24.6 Å². The zero-order valence-electron chi connectivity index (χ0n) is 9.40. The van der Waals surface area contributed by atoms with Crippen LogP contribution in [-0.2, 0) is 0 Å². The van der Waals surface area contributed by atoms with Gasteiger partial charge in [0.2, 0.25) is 0 Å². The molecule has 0 saturated carbocycles. The molecule has 0 unspecified atom stereocenters. The minimum Gasteiger partial charge on any atom is -0.0619 e. The lowest BCUT2D eigenvalue weighted by Crippen LogP contribution is -2.09. The van der Waals surface area contributed by atoms with Gasteiger partial charge in [-0.3, -0.25) is 0 Å². The normalized spacial score (nSPS) is 12.0. The summed E-state index contributed by atoms with van der Waals surface area (Å²) in [6, 6.07) is 0. The van der Waals surface area contributed by atoms with Gasteiger partial charge in [0, 0.05) is 7.26 Å². The first-order valence-corrected chi connectivity index (χ1v) is 8.12. The van der Waals surface area contributed by atoms with Crippen molar-refractivity contribution < 1.29 is 0 Å². The summed E-state index contributed by atoms with van der Waals surface area (Å²) < 4.78 is 0. The number of hydrogen-bond donors (Lipinski definition) is 0. The molecule has 0 aromatic carbocycles. The van der Waals surface area contributed by atoms with Gasteiger partial charge in [-0.25, -0.2) is 0 Å². The molecule has 0 aromatic rings. The van der Waals surface area contributed by atoms with E-state index in [1.165, 1.54) is 25.4 Å². The van der Waals surface area contributed by atoms with Crippen molar-refractivity contribution in [2.75, 3.05) is 24.6 Å². The summed E-state index contributed by atoms with van der Waals surface area (Å²) in [4.78, 5) is 0. The third-order valence-corrected chi connectivity index (χ3v) is 8.29. The lowest BCUT2D eigenvalue weighted by atomic mass is 10.6. The molecular weight excluding hydrogens is 163 g/mol. The molecule has 0 fully saturated rings. The van der Waals surface area contributed by atoms with E-state index in [0.29, 0.717) is 0 Å². The Morgan fingerprint density at radius 3 is 1.17 bits per heavy atom. The van der Waals surface area contributed by atoms with Gasteiger partial charge in [0.1, 0.15) is 0 Å². The SMILES string of the molecule is CCC[P+](CC)(CCC)CCC. The third-order valence-electron chi connectivity index (χ3n) is 2.76. The first kappa shape index (κ1) is 12.4. The van der Waals surface area contributed by atoms with Crippen LogP contribution in [0.1, 0.15) is 47.0 Å². The maximum atomic E-state index is 2.41. The van der Waals surface area contributed by atoms with Crippen LogP contribution >= 0.6 is 7.26 Å². The molecule has 0 aliphatic rings. The van der Waals surface area contributed by atoms with Gasteiger partial charge in [0.05, 0.1) is 24.6 Å². The summed E-state index contributed by atoms with van der Waals surface area (Å²) in [7, 11) is -0.477. The molecule has 0 atom stereocenters. The summed E-state index contributed by atoms with van der Waals surface area (Å²) in [6.07, 6.45) is 10.3. The molecule has 12 heavy (non-hydrogen) atoms. The zero-order chi connectivity index (χ0) is 9.45. The fourth-order valence-electron chi connectivity index (χ4n) is 2.23. The average molecular weight is 189 g/mol. The Morgan fingerprint density at radius 1 is 0.667 bits per heavy atom. The van der Waals surface area contributed by atoms with Gasteiger partial charge < -0.3 is 0 Å². The second kappa shape index (κ2) is 6.89. The monoisotopic (exact) mass is 189 g/mol. The van der Waals surface area contributed by atoms with Crippen molar-refractivity contribution in [2.24, 2.45) is 0 Å². The molecule has 0 heterocycles. The van der Waals surface area contributed by atoms with E-state index in [9.17, 15) is 0 Å². The van der Waals surface area contributed by atoms with Crippen LogP contribution in [0.25, 0.3) is 0 Å². The van der Waals surface area contributed by atoms with Crippen molar-refractivity contribution >= 4 is 7.26 Å². The van der Waals surface area contributed by atoms with Crippen LogP contribution in [0.4, 0.5) is 0 Å². The standard InChI is InChI=1S/C11H26P/c1-5-9-12(8-4,10-6-2)11-7-3/h5-11H2,1-4H3/q+1. The molecule has 0 aliphatic heterocycles. The fraction of sp³-hybridized carbons (Fsp3) is 1.00. The fourth-order valence-corrected chi connectivity index (χ4v) is 6.70. The molecule has 0 N–H and O–H groups in total. The van der Waals surface area contributed by atoms with E-state index in [2.05, 4.69) is 27.7 Å². The molecule has 0 aromatic heterocycles. The molecule has 0 amide bonds. The highest BCUT2D eigenvalue weighted by molar-refractivity contribution is 7.75. The molecule has 0 spiro atoms. The summed E-state index contributed by atoms with van der Waals surface area (Å²) in [6.45, 7) is 9.44. The van der Waals surface area contributed by atoms with Gasteiger partial charge in [-0.2, -0.15) is 0 Å². The first-order valence-electron chi connectivity index (χ1n) is 5.59. The van der Waals surface area contributed by atoms with Gasteiger partial charge in [-0.15, -0.1) is 0 Å². The average Bonchev–Trinajstić information content (AvgIpc) is 2.06. The molecule has 0 bridgehead atoms. The Kier molecular flexibility index (Phi) is 7.14. The van der Waals surface area contributed by atoms with Crippen LogP contribution in [0.5, 0.6) is 0 Å². The van der Waals surface area contributed by atoms with Crippen LogP contribution < -0.4 is 0 Å². The molecule has 1 heteroatoms. The Bertz CT molecular complexity index is 82.2. The molecule has 0 nitrogen and oxygen atoms in total. The predicted octanol–water partition coefficient (Wildman–Crippen LogP) is 4.25. The maximum absolute atomic E-state index is 2.41. The largest absolute Gasteiger partial charge is 0.0619 e. The van der Waals surface area contributed by atoms with Gasteiger partial charge in [0.15, 0.2) is 0 Å². The Morgan fingerprint density at radius 2 is 1.00 bits per heavy atom. The van der Waals surface area contributed by atoms with E-state index >= 15 is 0 Å². The molecule has 74 valence electrons. The Hall–Kier alpha value is 0.430. The molecule has 0 saturated heterocycles. The van der Waals surface area contributed by atoms with Crippen molar-refractivity contribution in [1.82, 2.24) is 0 Å². The highest BCUT2D eigenvalue weighted by Gasteiger charge is 2.31. The summed E-state index contributed by atoms with van der Waals surface area (Å²) >= 11 is 0. The van der Waals surface area contributed by atoms with Gasteiger partial charge in [0.25, 0.3) is 0 Å². The van der Waals surface area contributed by atoms with E-state index < -0.39 is 7.26 Å². The zero-order valence-corrected chi connectivity index (χ0v) is 10.3. The van der Waals surface area contributed by atoms with Crippen LogP contribution in [0.15, 0.2) is 0 Å². The highest BCUT2D eigenvalue weighted by atomic mass is 31.2.